The van der Waals surface area contributed by atoms with Gasteiger partial charge >= 0.3 is 6.09 Å². The van der Waals surface area contributed by atoms with E-state index >= 15 is 0 Å². The van der Waals surface area contributed by atoms with Crippen LogP contribution in [0.1, 0.15) is 39.8 Å². The first kappa shape index (κ1) is 17.6. The number of hydrogen-bond acceptors (Lipinski definition) is 6. The summed E-state index contributed by atoms with van der Waals surface area (Å²) in [6, 6.07) is 0.0162. The summed E-state index contributed by atoms with van der Waals surface area (Å²) in [5.41, 5.74) is 0.348. The molecule has 3 atom stereocenters. The van der Waals surface area contributed by atoms with Crippen LogP contribution in [-0.2, 0) is 16.0 Å². The highest BCUT2D eigenvalue weighted by atomic mass is 16.6. The quantitative estimate of drug-likeness (QED) is 0.828. The number of amides is 1. The number of ether oxygens (including phenoxy) is 2. The Balaban J connectivity index is 1.87. The van der Waals surface area contributed by atoms with Gasteiger partial charge in [0.25, 0.3) is 0 Å². The van der Waals surface area contributed by atoms with Gasteiger partial charge in [0.2, 0.25) is 0 Å². The average Bonchev–Trinajstić information content (AvgIpc) is 2.45. The Bertz CT molecular complexity index is 504. The molecule has 1 saturated carbocycles. The van der Waals surface area contributed by atoms with E-state index in [-0.39, 0.29) is 18.2 Å². The molecule has 1 aliphatic carbocycles. The maximum absolute atomic E-state index is 11.9. The van der Waals surface area contributed by atoms with Gasteiger partial charge in [-0.2, -0.15) is 0 Å². The summed E-state index contributed by atoms with van der Waals surface area (Å²) in [6.07, 6.45) is 5.47. The summed E-state index contributed by atoms with van der Waals surface area (Å²) in [5, 5.41) is 6.30. The normalized spacial score (nSPS) is 23.9. The molecule has 1 aromatic heterocycles. The number of rotatable bonds is 6. The number of carbonyl (C=O) groups is 1. The van der Waals surface area contributed by atoms with E-state index in [9.17, 15) is 4.79 Å². The monoisotopic (exact) mass is 322 g/mol. The molecule has 0 spiro atoms. The molecule has 7 nitrogen and oxygen atoms in total. The zero-order valence-electron chi connectivity index (χ0n) is 14.2. The molecule has 1 aliphatic rings. The average molecular weight is 322 g/mol. The molecule has 128 valence electrons. The van der Waals surface area contributed by atoms with Crippen molar-refractivity contribution >= 4 is 6.09 Å². The molecule has 0 aliphatic heterocycles. The van der Waals surface area contributed by atoms with Crippen molar-refractivity contribution in [1.82, 2.24) is 20.6 Å². The molecule has 2 N–H and O–H groups in total. The number of hydrogen-bond donors (Lipinski definition) is 2. The van der Waals surface area contributed by atoms with Crippen LogP contribution in [-0.4, -0.2) is 46.5 Å². The molecule has 0 radical (unpaired) electrons. The molecule has 23 heavy (non-hydrogen) atoms. The van der Waals surface area contributed by atoms with E-state index in [4.69, 9.17) is 9.47 Å². The number of alkyl carbamates (subject to hydrolysis) is 1. The summed E-state index contributed by atoms with van der Waals surface area (Å²) in [6.45, 7) is 8.73. The van der Waals surface area contributed by atoms with Crippen molar-refractivity contribution in [2.24, 2.45) is 0 Å². The van der Waals surface area contributed by atoms with Crippen molar-refractivity contribution in [1.29, 1.82) is 0 Å². The van der Waals surface area contributed by atoms with Gasteiger partial charge in [0.1, 0.15) is 5.60 Å². The maximum atomic E-state index is 11.9. The lowest BCUT2D eigenvalue weighted by Gasteiger charge is -2.44. The molecule has 1 amide bonds. The first-order valence-electron chi connectivity index (χ1n) is 7.98. The second-order valence-corrected chi connectivity index (χ2v) is 6.59. The third-order valence-corrected chi connectivity index (χ3v) is 3.54. The van der Waals surface area contributed by atoms with Gasteiger partial charge < -0.3 is 20.1 Å². The highest BCUT2D eigenvalue weighted by molar-refractivity contribution is 5.68. The zero-order valence-corrected chi connectivity index (χ0v) is 14.2. The lowest BCUT2D eigenvalue weighted by Crippen LogP contribution is -2.66. The molecule has 1 fully saturated rings. The molecular formula is C16H26N4O3. The van der Waals surface area contributed by atoms with Crippen molar-refractivity contribution in [3.63, 3.8) is 0 Å². The van der Waals surface area contributed by atoms with Gasteiger partial charge in [-0.25, -0.2) is 4.79 Å². The molecule has 7 heteroatoms. The summed E-state index contributed by atoms with van der Waals surface area (Å²) < 4.78 is 11.0. The first-order valence-corrected chi connectivity index (χ1v) is 7.98. The van der Waals surface area contributed by atoms with Gasteiger partial charge in [-0.05, 0) is 34.1 Å². The van der Waals surface area contributed by atoms with Crippen LogP contribution >= 0.6 is 0 Å². The number of carbonyl (C=O) groups excluding carboxylic acids is 1. The zero-order chi connectivity index (χ0) is 16.9. The standard InChI is InChI=1S/C16H26N4O3/c1-5-22-13-8-12(20-15(21)23-16(2,3)4)14(13)19-10-11-9-17-6-7-18-11/h6-7,9,12-14,19H,5,8,10H2,1-4H3,(H,20,21). The minimum atomic E-state index is -0.504. The second-order valence-electron chi connectivity index (χ2n) is 6.59. The molecule has 2 rings (SSSR count). The number of aromatic nitrogens is 2. The van der Waals surface area contributed by atoms with Crippen LogP contribution in [0.15, 0.2) is 18.6 Å². The Morgan fingerprint density at radius 3 is 2.78 bits per heavy atom. The van der Waals surface area contributed by atoms with E-state index in [1.807, 2.05) is 27.7 Å². The SMILES string of the molecule is CCOC1CC(NC(=O)OC(C)(C)C)C1NCc1cnccn1. The third-order valence-electron chi connectivity index (χ3n) is 3.54. The number of nitrogens with one attached hydrogen (secondary N) is 2. The molecular weight excluding hydrogens is 296 g/mol. The van der Waals surface area contributed by atoms with Crippen LogP contribution in [0.5, 0.6) is 0 Å². The fraction of sp³-hybridized carbons (Fsp3) is 0.688. The van der Waals surface area contributed by atoms with Crippen molar-refractivity contribution in [2.75, 3.05) is 6.61 Å². The third kappa shape index (κ3) is 5.44. The molecule has 0 saturated heterocycles. The minimum absolute atomic E-state index is 0.0157. The lowest BCUT2D eigenvalue weighted by atomic mass is 9.82. The van der Waals surface area contributed by atoms with E-state index in [0.717, 1.165) is 12.1 Å². The van der Waals surface area contributed by atoms with Crippen molar-refractivity contribution in [3.05, 3.63) is 24.3 Å². The van der Waals surface area contributed by atoms with Gasteiger partial charge in [0, 0.05) is 31.7 Å². The van der Waals surface area contributed by atoms with Crippen molar-refractivity contribution in [2.45, 2.75) is 64.4 Å². The summed E-state index contributed by atoms with van der Waals surface area (Å²) in [7, 11) is 0. The smallest absolute Gasteiger partial charge is 0.407 e. The van der Waals surface area contributed by atoms with E-state index in [0.29, 0.717) is 13.2 Å². The second kappa shape index (κ2) is 7.70. The van der Waals surface area contributed by atoms with Gasteiger partial charge in [0.05, 0.1) is 23.9 Å². The summed E-state index contributed by atoms with van der Waals surface area (Å²) >= 11 is 0. The van der Waals surface area contributed by atoms with Gasteiger partial charge in [0.15, 0.2) is 0 Å². The Labute approximate surface area is 137 Å². The molecule has 1 heterocycles. The van der Waals surface area contributed by atoms with Crippen LogP contribution < -0.4 is 10.6 Å². The van der Waals surface area contributed by atoms with E-state index in [1.54, 1.807) is 18.6 Å². The van der Waals surface area contributed by atoms with Crippen LogP contribution in [0.2, 0.25) is 0 Å². The van der Waals surface area contributed by atoms with E-state index < -0.39 is 11.7 Å². The predicted molar refractivity (Wildman–Crippen MR) is 85.8 cm³/mol. The van der Waals surface area contributed by atoms with Gasteiger partial charge in [-0.15, -0.1) is 0 Å². The maximum Gasteiger partial charge on any atom is 0.407 e. The van der Waals surface area contributed by atoms with Crippen LogP contribution in [0.3, 0.4) is 0 Å². The first-order chi connectivity index (χ1) is 10.9. The Kier molecular flexibility index (Phi) is 5.90. The lowest BCUT2D eigenvalue weighted by molar-refractivity contribution is -0.0439. The van der Waals surface area contributed by atoms with Crippen molar-refractivity contribution in [3.8, 4) is 0 Å². The van der Waals surface area contributed by atoms with Crippen LogP contribution in [0.25, 0.3) is 0 Å². The van der Waals surface area contributed by atoms with Crippen LogP contribution in [0.4, 0.5) is 4.79 Å². The molecule has 0 bridgehead atoms. The fourth-order valence-electron chi connectivity index (χ4n) is 2.52. The Hall–Kier alpha value is -1.73. The highest BCUT2D eigenvalue weighted by Crippen LogP contribution is 2.25. The highest BCUT2D eigenvalue weighted by Gasteiger charge is 2.42. The number of nitrogens with zero attached hydrogens (tertiary/aromatic N) is 2. The van der Waals surface area contributed by atoms with Crippen LogP contribution in [0, 0.1) is 0 Å². The molecule has 0 aromatic carbocycles. The Morgan fingerprint density at radius 1 is 1.39 bits per heavy atom. The van der Waals surface area contributed by atoms with Gasteiger partial charge in [-0.1, -0.05) is 0 Å². The minimum Gasteiger partial charge on any atom is -0.444 e. The predicted octanol–water partition coefficient (Wildman–Crippen LogP) is 1.64. The summed E-state index contributed by atoms with van der Waals surface area (Å²) in [4.78, 5) is 20.2. The fourth-order valence-corrected chi connectivity index (χ4v) is 2.52. The molecule has 1 aromatic rings. The topological polar surface area (TPSA) is 85.4 Å². The Morgan fingerprint density at radius 2 is 2.17 bits per heavy atom. The molecule has 3 unspecified atom stereocenters. The van der Waals surface area contributed by atoms with E-state index in [2.05, 4.69) is 20.6 Å². The van der Waals surface area contributed by atoms with Crippen molar-refractivity contribution < 1.29 is 14.3 Å². The van der Waals surface area contributed by atoms with Gasteiger partial charge in [-0.3, -0.25) is 9.97 Å². The van der Waals surface area contributed by atoms with E-state index in [1.165, 1.54) is 0 Å². The largest absolute Gasteiger partial charge is 0.444 e. The summed E-state index contributed by atoms with van der Waals surface area (Å²) in [5.74, 6) is 0.